The molecule has 0 unspecified atom stereocenters. The SMILES string of the molecule is CCn1c(=O)c(C(=O)CN2CCC(NC(=O)c3ccc(C)o3)CC2)c(N)n(Cc2ccccc2)c1=O. The number of carbonyl (C=O) groups is 2. The van der Waals surface area contributed by atoms with E-state index in [0.717, 1.165) is 10.1 Å². The predicted molar refractivity (Wildman–Crippen MR) is 135 cm³/mol. The first-order valence-electron chi connectivity index (χ1n) is 12.1. The fraction of sp³-hybridized carbons (Fsp3) is 0.385. The number of nitrogens with two attached hydrogens (primary N) is 1. The molecule has 3 aromatic rings. The molecular weight excluding hydrogens is 462 g/mol. The van der Waals surface area contributed by atoms with Gasteiger partial charge in [-0.25, -0.2) is 4.79 Å². The Balaban J connectivity index is 1.46. The van der Waals surface area contributed by atoms with Crippen molar-refractivity contribution in [2.24, 2.45) is 0 Å². The molecule has 1 fully saturated rings. The Labute approximate surface area is 208 Å². The van der Waals surface area contributed by atoms with E-state index in [-0.39, 0.29) is 48.7 Å². The van der Waals surface area contributed by atoms with Crippen LogP contribution in [0.4, 0.5) is 5.82 Å². The number of anilines is 1. The lowest BCUT2D eigenvalue weighted by atomic mass is 10.0. The van der Waals surface area contributed by atoms with Crippen molar-refractivity contribution in [2.75, 3.05) is 25.4 Å². The summed E-state index contributed by atoms with van der Waals surface area (Å²) in [5, 5.41) is 2.97. The van der Waals surface area contributed by atoms with Gasteiger partial charge in [0.1, 0.15) is 17.1 Å². The first-order chi connectivity index (χ1) is 17.3. The topological polar surface area (TPSA) is 133 Å². The lowest BCUT2D eigenvalue weighted by Gasteiger charge is -2.31. The van der Waals surface area contributed by atoms with Crippen molar-refractivity contribution in [3.63, 3.8) is 0 Å². The quantitative estimate of drug-likeness (QED) is 0.456. The van der Waals surface area contributed by atoms with Crippen LogP contribution in [0, 0.1) is 6.92 Å². The van der Waals surface area contributed by atoms with Crippen LogP contribution in [0.3, 0.4) is 0 Å². The van der Waals surface area contributed by atoms with Crippen LogP contribution in [-0.2, 0) is 13.1 Å². The molecule has 0 bridgehead atoms. The second-order valence-electron chi connectivity index (χ2n) is 9.02. The third-order valence-corrected chi connectivity index (χ3v) is 6.50. The van der Waals surface area contributed by atoms with Crippen LogP contribution >= 0.6 is 0 Å². The molecule has 1 aliphatic heterocycles. The molecule has 0 spiro atoms. The number of furan rings is 1. The summed E-state index contributed by atoms with van der Waals surface area (Å²) in [4.78, 5) is 53.5. The number of aromatic nitrogens is 2. The summed E-state index contributed by atoms with van der Waals surface area (Å²) in [6, 6.07) is 12.6. The lowest BCUT2D eigenvalue weighted by molar-refractivity contribution is 0.0842. The highest BCUT2D eigenvalue weighted by Crippen LogP contribution is 2.15. The number of nitrogens with one attached hydrogen (secondary N) is 1. The van der Waals surface area contributed by atoms with E-state index in [4.69, 9.17) is 10.2 Å². The maximum atomic E-state index is 13.3. The van der Waals surface area contributed by atoms with Gasteiger partial charge in [-0.05, 0) is 44.4 Å². The highest BCUT2D eigenvalue weighted by molar-refractivity contribution is 6.01. The van der Waals surface area contributed by atoms with Crippen LogP contribution in [0.1, 0.15) is 52.0 Å². The largest absolute Gasteiger partial charge is 0.456 e. The van der Waals surface area contributed by atoms with Crippen LogP contribution in [0.15, 0.2) is 56.5 Å². The number of aryl methyl sites for hydroxylation is 1. The Morgan fingerprint density at radius 1 is 1.06 bits per heavy atom. The zero-order chi connectivity index (χ0) is 25.8. The van der Waals surface area contributed by atoms with E-state index in [2.05, 4.69) is 5.32 Å². The van der Waals surface area contributed by atoms with Crippen LogP contribution in [0.25, 0.3) is 0 Å². The molecule has 0 atom stereocenters. The molecule has 10 nitrogen and oxygen atoms in total. The smallest absolute Gasteiger partial charge is 0.332 e. The summed E-state index contributed by atoms with van der Waals surface area (Å²) in [6.07, 6.45) is 1.31. The molecule has 0 saturated carbocycles. The zero-order valence-corrected chi connectivity index (χ0v) is 20.5. The fourth-order valence-electron chi connectivity index (χ4n) is 4.51. The number of piperidine rings is 1. The van der Waals surface area contributed by atoms with Crippen molar-refractivity contribution >= 4 is 17.5 Å². The maximum Gasteiger partial charge on any atom is 0.332 e. The molecule has 2 aromatic heterocycles. The third-order valence-electron chi connectivity index (χ3n) is 6.50. The Bertz CT molecular complexity index is 1360. The molecule has 3 N–H and O–H groups in total. The number of nitrogen functional groups attached to an aromatic ring is 1. The Hall–Kier alpha value is -3.92. The average molecular weight is 494 g/mol. The maximum absolute atomic E-state index is 13.3. The molecule has 0 aliphatic carbocycles. The van der Waals surface area contributed by atoms with Crippen molar-refractivity contribution in [1.29, 1.82) is 0 Å². The van der Waals surface area contributed by atoms with E-state index in [1.54, 1.807) is 26.0 Å². The van der Waals surface area contributed by atoms with Gasteiger partial charge in [-0.3, -0.25) is 28.4 Å². The molecule has 1 aliphatic rings. The second kappa shape index (κ2) is 10.8. The number of Topliss-reactive ketones (excluding diaryl/α,β-unsaturated/α-hetero) is 1. The first kappa shape index (κ1) is 25.2. The average Bonchev–Trinajstić information content (AvgIpc) is 3.30. The van der Waals surface area contributed by atoms with E-state index in [0.29, 0.717) is 31.7 Å². The molecule has 1 saturated heterocycles. The molecule has 0 radical (unpaired) electrons. The van der Waals surface area contributed by atoms with E-state index in [1.165, 1.54) is 4.57 Å². The number of carbonyl (C=O) groups excluding carboxylic acids is 2. The molecule has 36 heavy (non-hydrogen) atoms. The van der Waals surface area contributed by atoms with Crippen molar-refractivity contribution in [3.05, 3.63) is 86.0 Å². The summed E-state index contributed by atoms with van der Waals surface area (Å²) >= 11 is 0. The van der Waals surface area contributed by atoms with Crippen molar-refractivity contribution in [2.45, 2.75) is 45.8 Å². The number of hydrogen-bond acceptors (Lipinski definition) is 7. The molecule has 1 aromatic carbocycles. The normalized spacial score (nSPS) is 14.6. The highest BCUT2D eigenvalue weighted by Gasteiger charge is 2.27. The summed E-state index contributed by atoms with van der Waals surface area (Å²) < 4.78 is 7.70. The fourth-order valence-corrected chi connectivity index (χ4v) is 4.51. The van der Waals surface area contributed by atoms with Gasteiger partial charge in [-0.1, -0.05) is 30.3 Å². The van der Waals surface area contributed by atoms with E-state index < -0.39 is 17.0 Å². The van der Waals surface area contributed by atoms with Crippen LogP contribution in [-0.4, -0.2) is 51.4 Å². The molecular formula is C26H31N5O5. The van der Waals surface area contributed by atoms with Gasteiger partial charge in [-0.15, -0.1) is 0 Å². The number of nitrogens with zero attached hydrogens (tertiary/aromatic N) is 3. The van der Waals surface area contributed by atoms with Crippen molar-refractivity contribution < 1.29 is 14.0 Å². The number of likely N-dealkylation sites (tertiary alicyclic amines) is 1. The lowest BCUT2D eigenvalue weighted by Crippen LogP contribution is -2.48. The Kier molecular flexibility index (Phi) is 7.54. The highest BCUT2D eigenvalue weighted by atomic mass is 16.3. The molecule has 1 amide bonds. The Morgan fingerprint density at radius 3 is 2.36 bits per heavy atom. The van der Waals surface area contributed by atoms with Gasteiger partial charge >= 0.3 is 5.69 Å². The van der Waals surface area contributed by atoms with Crippen LogP contribution < -0.4 is 22.3 Å². The van der Waals surface area contributed by atoms with Crippen LogP contribution in [0.5, 0.6) is 0 Å². The summed E-state index contributed by atoms with van der Waals surface area (Å²) in [6.45, 7) is 4.90. The van der Waals surface area contributed by atoms with Gasteiger partial charge in [0.05, 0.1) is 13.1 Å². The number of hydrogen-bond donors (Lipinski definition) is 2. The summed E-state index contributed by atoms with van der Waals surface area (Å²) in [7, 11) is 0. The number of amides is 1. The zero-order valence-electron chi connectivity index (χ0n) is 20.5. The predicted octanol–water partition coefficient (Wildman–Crippen LogP) is 1.64. The van der Waals surface area contributed by atoms with Crippen LogP contribution in [0.2, 0.25) is 0 Å². The minimum absolute atomic E-state index is 0.00470. The minimum Gasteiger partial charge on any atom is -0.456 e. The molecule has 3 heterocycles. The molecule has 10 heteroatoms. The standard InChI is InChI=1S/C26H31N5O5/c1-3-30-25(34)22(23(27)31(26(30)35)15-18-7-5-4-6-8-18)20(32)16-29-13-11-19(12-14-29)28-24(33)21-10-9-17(2)36-21/h4-10,19H,3,11-16,27H2,1-2H3,(H,28,33). The minimum atomic E-state index is -0.662. The van der Waals surface area contributed by atoms with Gasteiger partial charge in [0.15, 0.2) is 11.5 Å². The Morgan fingerprint density at radius 2 is 1.75 bits per heavy atom. The van der Waals surface area contributed by atoms with Gasteiger partial charge in [0.25, 0.3) is 11.5 Å². The molecule has 4 rings (SSSR count). The van der Waals surface area contributed by atoms with Gasteiger partial charge in [-0.2, -0.15) is 0 Å². The first-order valence-corrected chi connectivity index (χ1v) is 12.1. The number of rotatable bonds is 8. The van der Waals surface area contributed by atoms with Crippen molar-refractivity contribution in [1.82, 2.24) is 19.4 Å². The molecule has 190 valence electrons. The third kappa shape index (κ3) is 5.33. The van der Waals surface area contributed by atoms with E-state index in [9.17, 15) is 19.2 Å². The van der Waals surface area contributed by atoms with E-state index in [1.807, 2.05) is 35.2 Å². The number of ketones is 1. The monoisotopic (exact) mass is 493 g/mol. The van der Waals surface area contributed by atoms with Gasteiger partial charge < -0.3 is 15.5 Å². The van der Waals surface area contributed by atoms with Gasteiger partial charge in [0.2, 0.25) is 0 Å². The summed E-state index contributed by atoms with van der Waals surface area (Å²) in [5.74, 6) is 0.157. The van der Waals surface area contributed by atoms with Crippen molar-refractivity contribution in [3.8, 4) is 0 Å². The van der Waals surface area contributed by atoms with E-state index >= 15 is 0 Å². The number of benzene rings is 1. The van der Waals surface area contributed by atoms with Gasteiger partial charge in [0, 0.05) is 25.7 Å². The second-order valence-corrected chi connectivity index (χ2v) is 9.02. The summed E-state index contributed by atoms with van der Waals surface area (Å²) in [5.41, 5.74) is 5.73.